The number of rotatable bonds is 8. The lowest BCUT2D eigenvalue weighted by Crippen LogP contribution is -2.40. The quantitative estimate of drug-likeness (QED) is 0.579. The molecule has 0 radical (unpaired) electrons. The second-order valence-corrected chi connectivity index (χ2v) is 6.59. The molecule has 0 spiro atoms. The third-order valence-electron chi connectivity index (χ3n) is 4.11. The van der Waals surface area contributed by atoms with Gasteiger partial charge in [0.1, 0.15) is 6.23 Å². The summed E-state index contributed by atoms with van der Waals surface area (Å²) in [5, 5.41) is 0. The summed E-state index contributed by atoms with van der Waals surface area (Å²) in [6.45, 7) is 10.2. The maximum atomic E-state index is 12.7. The Hall–Kier alpha value is -1.35. The van der Waals surface area contributed by atoms with Gasteiger partial charge >= 0.3 is 5.97 Å². The topological polar surface area (TPSA) is 52.3 Å². The highest BCUT2D eigenvalue weighted by Gasteiger charge is 2.39. The minimum absolute atomic E-state index is 0.205. The highest BCUT2D eigenvalue weighted by atomic mass is 16.6. The average molecular weight is 305 g/mol. The summed E-state index contributed by atoms with van der Waals surface area (Å²) < 4.78 is 5.35. The Balaban J connectivity index is 3.12. The van der Waals surface area contributed by atoms with E-state index in [-0.39, 0.29) is 5.97 Å². The first-order chi connectivity index (χ1) is 10.4. The van der Waals surface area contributed by atoms with Gasteiger partial charge in [-0.15, -0.1) is 0 Å². The zero-order valence-corrected chi connectivity index (χ0v) is 14.7. The molecule has 0 amide bonds. The standard InChI is InChI=1S/C19H31NO2/c1-6-12-19(7-2,18(21)22-15(5)20)17-10-8-16(9-11-17)13-14(3)4/h8-11,14-15H,6-7,12-13,20H2,1-5H3. The normalized spacial score (nSPS) is 15.4. The third kappa shape index (κ3) is 4.57. The van der Waals surface area contributed by atoms with Gasteiger partial charge in [-0.1, -0.05) is 58.4 Å². The van der Waals surface area contributed by atoms with E-state index in [1.54, 1.807) is 6.92 Å². The Morgan fingerprint density at radius 2 is 1.77 bits per heavy atom. The van der Waals surface area contributed by atoms with E-state index in [9.17, 15) is 4.79 Å². The SMILES string of the molecule is CCCC(CC)(C(=O)OC(C)N)c1ccc(CC(C)C)cc1. The summed E-state index contributed by atoms with van der Waals surface area (Å²) in [5.74, 6) is 0.420. The Labute approximate surface area is 135 Å². The molecule has 0 aliphatic carbocycles. The number of nitrogens with two attached hydrogens (primary N) is 1. The van der Waals surface area contributed by atoms with Crippen LogP contribution in [0.15, 0.2) is 24.3 Å². The Bertz CT molecular complexity index is 465. The molecule has 124 valence electrons. The minimum atomic E-state index is -0.585. The molecule has 0 bridgehead atoms. The lowest BCUT2D eigenvalue weighted by atomic mass is 9.74. The van der Waals surface area contributed by atoms with Crippen LogP contribution < -0.4 is 5.73 Å². The molecule has 0 aliphatic rings. The highest BCUT2D eigenvalue weighted by Crippen LogP contribution is 2.35. The molecule has 1 aromatic carbocycles. The molecule has 2 N–H and O–H groups in total. The zero-order chi connectivity index (χ0) is 16.8. The first-order valence-corrected chi connectivity index (χ1v) is 8.41. The van der Waals surface area contributed by atoms with Gasteiger partial charge in [0.2, 0.25) is 0 Å². The van der Waals surface area contributed by atoms with Crippen LogP contribution in [0.1, 0.15) is 65.0 Å². The van der Waals surface area contributed by atoms with Crippen LogP contribution in [0, 0.1) is 5.92 Å². The number of hydrogen-bond acceptors (Lipinski definition) is 3. The van der Waals surface area contributed by atoms with Gasteiger partial charge < -0.3 is 4.74 Å². The fourth-order valence-electron chi connectivity index (χ4n) is 3.03. The summed E-state index contributed by atoms with van der Waals surface area (Å²) in [7, 11) is 0. The van der Waals surface area contributed by atoms with E-state index in [2.05, 4.69) is 45.0 Å². The largest absolute Gasteiger partial charge is 0.446 e. The van der Waals surface area contributed by atoms with Gasteiger partial charge in [-0.2, -0.15) is 0 Å². The second-order valence-electron chi connectivity index (χ2n) is 6.59. The van der Waals surface area contributed by atoms with E-state index in [1.165, 1.54) is 5.56 Å². The average Bonchev–Trinajstić information content (AvgIpc) is 2.44. The number of carbonyl (C=O) groups is 1. The van der Waals surface area contributed by atoms with Gasteiger partial charge in [0.25, 0.3) is 0 Å². The number of esters is 1. The van der Waals surface area contributed by atoms with E-state index in [0.717, 1.165) is 31.2 Å². The molecule has 3 heteroatoms. The van der Waals surface area contributed by atoms with Crippen LogP contribution in [0.5, 0.6) is 0 Å². The van der Waals surface area contributed by atoms with Crippen LogP contribution in [-0.2, 0) is 21.4 Å². The maximum absolute atomic E-state index is 12.7. The van der Waals surface area contributed by atoms with Crippen LogP contribution in [0.3, 0.4) is 0 Å². The predicted octanol–water partition coefficient (Wildman–Crippen LogP) is 4.18. The summed E-state index contributed by atoms with van der Waals surface area (Å²) in [4.78, 5) is 12.7. The number of carbonyl (C=O) groups excluding carboxylic acids is 1. The van der Waals surface area contributed by atoms with Crippen molar-refractivity contribution in [2.24, 2.45) is 11.7 Å². The number of hydrogen-bond donors (Lipinski definition) is 1. The second kappa shape index (κ2) is 8.33. The van der Waals surface area contributed by atoms with Crippen molar-refractivity contribution < 1.29 is 9.53 Å². The van der Waals surface area contributed by atoms with Crippen LogP contribution in [0.4, 0.5) is 0 Å². The molecule has 0 aromatic heterocycles. The van der Waals surface area contributed by atoms with Crippen molar-refractivity contribution >= 4 is 5.97 Å². The third-order valence-corrected chi connectivity index (χ3v) is 4.11. The molecule has 0 fully saturated rings. The van der Waals surface area contributed by atoms with Gasteiger partial charge in [-0.25, -0.2) is 0 Å². The Morgan fingerprint density at radius 1 is 1.18 bits per heavy atom. The summed E-state index contributed by atoms with van der Waals surface area (Å²) in [6.07, 6.45) is 2.90. The Kier molecular flexibility index (Phi) is 7.08. The van der Waals surface area contributed by atoms with Gasteiger partial charge in [-0.3, -0.25) is 10.5 Å². The van der Waals surface area contributed by atoms with E-state index < -0.39 is 11.6 Å². The van der Waals surface area contributed by atoms with Gasteiger partial charge in [-0.05, 0) is 43.2 Å². The summed E-state index contributed by atoms with van der Waals surface area (Å²) in [6, 6.07) is 8.43. The van der Waals surface area contributed by atoms with Crippen molar-refractivity contribution in [1.29, 1.82) is 0 Å². The fourth-order valence-corrected chi connectivity index (χ4v) is 3.03. The van der Waals surface area contributed by atoms with Crippen molar-refractivity contribution in [1.82, 2.24) is 0 Å². The molecular weight excluding hydrogens is 274 g/mol. The fraction of sp³-hybridized carbons (Fsp3) is 0.632. The Morgan fingerprint density at radius 3 is 2.18 bits per heavy atom. The van der Waals surface area contributed by atoms with Crippen molar-refractivity contribution in [3.8, 4) is 0 Å². The molecule has 0 heterocycles. The zero-order valence-electron chi connectivity index (χ0n) is 14.7. The highest BCUT2D eigenvalue weighted by molar-refractivity contribution is 5.83. The molecular formula is C19H31NO2. The van der Waals surface area contributed by atoms with E-state index in [0.29, 0.717) is 5.92 Å². The molecule has 0 aliphatic heterocycles. The smallest absolute Gasteiger partial charge is 0.318 e. The molecule has 0 saturated heterocycles. The van der Waals surface area contributed by atoms with Crippen LogP contribution in [0.25, 0.3) is 0 Å². The van der Waals surface area contributed by atoms with Gasteiger partial charge in [0.05, 0.1) is 5.41 Å². The van der Waals surface area contributed by atoms with Crippen molar-refractivity contribution in [3.63, 3.8) is 0 Å². The van der Waals surface area contributed by atoms with Crippen molar-refractivity contribution in [3.05, 3.63) is 35.4 Å². The number of ether oxygens (including phenoxy) is 1. The molecule has 2 unspecified atom stereocenters. The van der Waals surface area contributed by atoms with E-state index in [1.807, 2.05) is 6.92 Å². The monoisotopic (exact) mass is 305 g/mol. The van der Waals surface area contributed by atoms with Crippen LogP contribution in [0.2, 0.25) is 0 Å². The van der Waals surface area contributed by atoms with Crippen molar-refractivity contribution in [2.45, 2.75) is 71.9 Å². The van der Waals surface area contributed by atoms with Gasteiger partial charge in [0, 0.05) is 0 Å². The van der Waals surface area contributed by atoms with Crippen LogP contribution >= 0.6 is 0 Å². The first-order valence-electron chi connectivity index (χ1n) is 8.41. The molecule has 3 nitrogen and oxygen atoms in total. The molecule has 0 saturated carbocycles. The molecule has 1 rings (SSSR count). The number of benzene rings is 1. The summed E-state index contributed by atoms with van der Waals surface area (Å²) in [5.41, 5.74) is 7.41. The van der Waals surface area contributed by atoms with E-state index in [4.69, 9.17) is 10.5 Å². The molecule has 1 aromatic rings. The predicted molar refractivity (Wildman–Crippen MR) is 91.6 cm³/mol. The maximum Gasteiger partial charge on any atom is 0.318 e. The first kappa shape index (κ1) is 18.7. The van der Waals surface area contributed by atoms with Crippen molar-refractivity contribution in [2.75, 3.05) is 0 Å². The summed E-state index contributed by atoms with van der Waals surface area (Å²) >= 11 is 0. The van der Waals surface area contributed by atoms with Crippen LogP contribution in [-0.4, -0.2) is 12.2 Å². The van der Waals surface area contributed by atoms with Gasteiger partial charge in [0.15, 0.2) is 0 Å². The van der Waals surface area contributed by atoms with E-state index >= 15 is 0 Å². The molecule has 2 atom stereocenters. The molecule has 22 heavy (non-hydrogen) atoms. The minimum Gasteiger partial charge on any atom is -0.446 e. The lowest BCUT2D eigenvalue weighted by Gasteiger charge is -2.31. The lowest BCUT2D eigenvalue weighted by molar-refractivity contribution is -0.155.